The number of nitrogens with zero attached hydrogens (tertiary/aromatic N) is 4. The van der Waals surface area contributed by atoms with Crippen molar-refractivity contribution >= 4 is 62.5 Å². The first-order chi connectivity index (χ1) is 44.3. The molecule has 0 aliphatic carbocycles. The summed E-state index contributed by atoms with van der Waals surface area (Å²) in [4.78, 5) is 97.3. The SMILES string of the molecule is Cc1c(C)c(S(=O)(=O)NC(N)=NCCC[C@@H]2NC(=O)[C@@H](Cc3ccccc3)NC(=O)[C@H](Cc3cn(C(c4ccccc4)(c4ccccc4)c4ccccc4)cn3)NC(=O)CNC(=O)[C@H](Cc3cn(C(=O)OC(C)(C)C)c4ccccc34)NC2=O)c(C)c2c1OC(C)(C)C2. The summed E-state index contributed by atoms with van der Waals surface area (Å²) in [5.74, 6) is -3.70. The van der Waals surface area contributed by atoms with E-state index in [9.17, 15) is 22.8 Å². The van der Waals surface area contributed by atoms with Crippen LogP contribution in [0.1, 0.15) is 103 Å². The van der Waals surface area contributed by atoms with Gasteiger partial charge in [-0.05, 0) is 119 Å². The number of aliphatic imine (C=N–C) groups is 1. The summed E-state index contributed by atoms with van der Waals surface area (Å²) in [5, 5.41) is 14.6. The Morgan fingerprint density at radius 2 is 1.23 bits per heavy atom. The number of nitrogens with one attached hydrogen (secondary N) is 6. The van der Waals surface area contributed by atoms with E-state index < -0.39 is 99.1 Å². The topological polar surface area (TPSA) is 288 Å². The van der Waals surface area contributed by atoms with Crippen molar-refractivity contribution in [2.75, 3.05) is 13.1 Å². The first-order valence-electron chi connectivity index (χ1n) is 31.0. The van der Waals surface area contributed by atoms with Gasteiger partial charge in [0.1, 0.15) is 46.7 Å². The van der Waals surface area contributed by atoms with Gasteiger partial charge >= 0.3 is 6.09 Å². The molecule has 0 saturated carbocycles. The van der Waals surface area contributed by atoms with Gasteiger partial charge in [0.25, 0.3) is 10.0 Å². The zero-order chi connectivity index (χ0) is 66.4. The highest BCUT2D eigenvalue weighted by Crippen LogP contribution is 2.44. The van der Waals surface area contributed by atoms with Crippen molar-refractivity contribution < 1.29 is 46.7 Å². The number of carbonyl (C=O) groups excluding carboxylic acids is 6. The minimum Gasteiger partial charge on any atom is -0.487 e. The number of para-hydroxylation sites is 1. The number of rotatable bonds is 16. The van der Waals surface area contributed by atoms with Gasteiger partial charge in [-0.2, -0.15) is 0 Å². The van der Waals surface area contributed by atoms with Crippen molar-refractivity contribution in [3.63, 3.8) is 0 Å². The fourth-order valence-electron chi connectivity index (χ4n) is 12.4. The second kappa shape index (κ2) is 27.4. The highest BCUT2D eigenvalue weighted by atomic mass is 32.2. The Morgan fingerprint density at radius 1 is 0.688 bits per heavy atom. The van der Waals surface area contributed by atoms with Gasteiger partial charge in [0.15, 0.2) is 0 Å². The maximum Gasteiger partial charge on any atom is 0.419 e. The molecule has 2 aromatic heterocycles. The van der Waals surface area contributed by atoms with Gasteiger partial charge in [-0.15, -0.1) is 0 Å². The summed E-state index contributed by atoms with van der Waals surface area (Å²) in [5.41, 5.74) is 11.2. The number of guanidine groups is 1. The number of amides is 5. The number of aromatic nitrogens is 3. The van der Waals surface area contributed by atoms with Crippen molar-refractivity contribution in [1.29, 1.82) is 0 Å². The largest absolute Gasteiger partial charge is 0.487 e. The molecule has 2 aliphatic rings. The maximum absolute atomic E-state index is 15.1. The minimum atomic E-state index is -4.28. The van der Waals surface area contributed by atoms with Crippen LogP contribution in [0.15, 0.2) is 174 Å². The lowest BCUT2D eigenvalue weighted by Gasteiger charge is -2.37. The van der Waals surface area contributed by atoms with Crippen LogP contribution in [0.2, 0.25) is 0 Å². The summed E-state index contributed by atoms with van der Waals surface area (Å²) in [6.45, 7) is 13.5. The summed E-state index contributed by atoms with van der Waals surface area (Å²) in [6, 6.07) is 40.1. The van der Waals surface area contributed by atoms with Gasteiger partial charge in [-0.3, -0.25) is 33.5 Å². The summed E-state index contributed by atoms with van der Waals surface area (Å²) < 4.78 is 45.9. The van der Waals surface area contributed by atoms with Crippen LogP contribution >= 0.6 is 0 Å². The number of imidazole rings is 1. The van der Waals surface area contributed by atoms with Crippen LogP contribution in [-0.4, -0.2) is 113 Å². The van der Waals surface area contributed by atoms with Crippen LogP contribution in [-0.2, 0) is 70.0 Å². The fourth-order valence-corrected chi connectivity index (χ4v) is 13.9. The van der Waals surface area contributed by atoms with Crippen molar-refractivity contribution in [1.82, 2.24) is 45.4 Å². The maximum atomic E-state index is 15.1. The minimum absolute atomic E-state index is 0.0341. The van der Waals surface area contributed by atoms with Crippen LogP contribution in [0, 0.1) is 20.8 Å². The zero-order valence-corrected chi connectivity index (χ0v) is 54.2. The normalized spacial score (nSPS) is 18.4. The molecule has 6 aromatic carbocycles. The quantitative estimate of drug-likeness (QED) is 0.0218. The van der Waals surface area contributed by atoms with Crippen LogP contribution in [0.3, 0.4) is 0 Å². The fraction of sp³-hybridized carbons (Fsp3) is 0.324. The molecule has 1 saturated heterocycles. The first kappa shape index (κ1) is 65.8. The lowest BCUT2D eigenvalue weighted by molar-refractivity contribution is -0.134. The molecule has 0 bridgehead atoms. The molecule has 22 heteroatoms. The number of carbonyl (C=O) groups is 6. The van der Waals surface area contributed by atoms with E-state index in [0.717, 1.165) is 22.3 Å². The standard InChI is InChI=1S/C71H79N11O10S/c1-44-45(2)62(46(3)54-39-70(7,8)91-61(44)54)93(89,90)80-67(72)73-35-23-33-55-64(85)79-57(37-48-41-82(68(88)92-69(4,5)6)59-34-22-21-32-53(48)59)63(84)74-40-60(83)76-58(66(87)78-56(65(86)77-55)36-47-24-13-9-14-25-47)38-52-42-81(43-75-52)71(49-26-15-10-16-27-49,50-28-17-11-18-29-50)51-30-19-12-20-31-51/h9-22,24-32,34,41-43,55-58H,23,33,35-40H2,1-8H3,(H,74,84)(H,76,83)(H,77,86)(H,78,87)(H,79,85)(H3,72,73,80)/t55-,56+,57-,58-/m0/s1. The predicted molar refractivity (Wildman–Crippen MR) is 354 cm³/mol. The van der Waals surface area contributed by atoms with Crippen LogP contribution in [0.25, 0.3) is 10.9 Å². The van der Waals surface area contributed by atoms with E-state index in [2.05, 4.69) is 36.3 Å². The number of fused-ring (bicyclic) bond motifs is 2. The molecule has 93 heavy (non-hydrogen) atoms. The van der Waals surface area contributed by atoms with Crippen molar-refractivity contribution in [3.8, 4) is 5.75 Å². The lowest BCUT2D eigenvalue weighted by atomic mass is 9.77. The molecule has 8 aromatic rings. The molecule has 4 heterocycles. The molecule has 8 N–H and O–H groups in total. The van der Waals surface area contributed by atoms with E-state index >= 15 is 14.4 Å². The second-order valence-electron chi connectivity index (χ2n) is 25.3. The van der Waals surface area contributed by atoms with E-state index in [4.69, 9.17) is 20.2 Å². The van der Waals surface area contributed by atoms with Gasteiger partial charge in [0, 0.05) is 55.6 Å². The van der Waals surface area contributed by atoms with Gasteiger partial charge in [0.2, 0.25) is 35.5 Å². The van der Waals surface area contributed by atoms with Crippen molar-refractivity contribution in [3.05, 3.63) is 220 Å². The van der Waals surface area contributed by atoms with Crippen LogP contribution < -0.4 is 41.8 Å². The van der Waals surface area contributed by atoms with E-state index in [-0.39, 0.29) is 43.5 Å². The third kappa shape index (κ3) is 14.8. The Hall–Kier alpha value is -10.1. The Balaban J connectivity index is 0.984. The van der Waals surface area contributed by atoms with E-state index in [0.29, 0.717) is 56.6 Å². The molecular formula is C71H79N11O10S. The third-order valence-corrected chi connectivity index (χ3v) is 18.4. The molecule has 21 nitrogen and oxygen atoms in total. The Labute approximate surface area is 541 Å². The third-order valence-electron chi connectivity index (χ3n) is 16.8. The van der Waals surface area contributed by atoms with E-state index in [1.54, 1.807) is 95.5 Å². The van der Waals surface area contributed by atoms with Crippen molar-refractivity contribution in [2.45, 2.75) is 140 Å². The van der Waals surface area contributed by atoms with Crippen LogP contribution in [0.4, 0.5) is 4.79 Å². The summed E-state index contributed by atoms with van der Waals surface area (Å²) in [6.07, 6.45) is 4.29. The van der Waals surface area contributed by atoms with Gasteiger partial charge in [-0.1, -0.05) is 140 Å². The van der Waals surface area contributed by atoms with Gasteiger partial charge in [0.05, 0.1) is 29.0 Å². The monoisotopic (exact) mass is 1280 g/mol. The number of hydrogen-bond donors (Lipinski definition) is 7. The summed E-state index contributed by atoms with van der Waals surface area (Å²) >= 11 is 0. The molecule has 1 fully saturated rings. The number of hydrogen-bond acceptors (Lipinski definition) is 12. The summed E-state index contributed by atoms with van der Waals surface area (Å²) in [7, 11) is -4.28. The van der Waals surface area contributed by atoms with E-state index in [1.807, 2.05) is 123 Å². The Morgan fingerprint density at radius 3 is 1.83 bits per heavy atom. The van der Waals surface area contributed by atoms with E-state index in [1.165, 1.54) is 10.8 Å². The number of ether oxygens (including phenoxy) is 2. The predicted octanol–water partition coefficient (Wildman–Crippen LogP) is 7.27. The van der Waals surface area contributed by atoms with Crippen molar-refractivity contribution in [2.24, 2.45) is 10.7 Å². The molecule has 2 aliphatic heterocycles. The number of sulfonamides is 1. The Kier molecular flexibility index (Phi) is 19.4. The average molecular weight is 1280 g/mol. The highest BCUT2D eigenvalue weighted by molar-refractivity contribution is 7.90. The number of benzene rings is 6. The lowest BCUT2D eigenvalue weighted by Crippen LogP contribution is -2.58. The average Bonchev–Trinajstić information content (AvgIpc) is 1.74. The second-order valence-corrected chi connectivity index (χ2v) is 26.9. The molecule has 10 rings (SSSR count). The van der Waals surface area contributed by atoms with Gasteiger partial charge < -0.3 is 46.4 Å². The number of nitrogens with two attached hydrogens (primary N) is 1. The zero-order valence-electron chi connectivity index (χ0n) is 53.4. The molecule has 5 amide bonds. The molecule has 0 spiro atoms. The first-order valence-corrected chi connectivity index (χ1v) is 32.5. The molecular weight excluding hydrogens is 1200 g/mol. The highest BCUT2D eigenvalue weighted by Gasteiger charge is 2.41. The molecule has 0 radical (unpaired) electrons. The molecule has 484 valence electrons. The van der Waals surface area contributed by atoms with Crippen LogP contribution in [0.5, 0.6) is 5.75 Å². The smallest absolute Gasteiger partial charge is 0.419 e. The Bertz CT molecular complexity index is 4150. The molecule has 0 unspecified atom stereocenters. The van der Waals surface area contributed by atoms with Gasteiger partial charge in [-0.25, -0.2) is 22.9 Å². The molecule has 4 atom stereocenters.